The van der Waals surface area contributed by atoms with Crippen LogP contribution in [0.2, 0.25) is 0 Å². The van der Waals surface area contributed by atoms with Gasteiger partial charge in [-0.05, 0) is 26.7 Å². The van der Waals surface area contributed by atoms with Gasteiger partial charge in [-0.2, -0.15) is 0 Å². The molecule has 1 heterocycles. The lowest BCUT2D eigenvalue weighted by Gasteiger charge is -2.19. The molecule has 0 aromatic rings. The number of rotatable bonds is 1. The summed E-state index contributed by atoms with van der Waals surface area (Å²) in [5.41, 5.74) is 0. The maximum Gasteiger partial charge on any atom is 0.210 e. The maximum absolute atomic E-state index is 10.4. The Labute approximate surface area is 68.0 Å². The monoisotopic (exact) mass is 163 g/mol. The van der Waals surface area contributed by atoms with Crippen molar-refractivity contribution in [3.05, 3.63) is 0 Å². The third-order valence-corrected chi connectivity index (χ3v) is 2.14. The van der Waals surface area contributed by atoms with Gasteiger partial charge in [-0.1, -0.05) is 0 Å². The quantitative estimate of drug-likeness (QED) is 0.536. The average molecular weight is 164 g/mol. The van der Waals surface area contributed by atoms with Gasteiger partial charge < -0.3 is 4.90 Å². The Hall–Kier alpha value is -0.240. The van der Waals surface area contributed by atoms with Gasteiger partial charge in [-0.25, -0.2) is 0 Å². The SMILES string of the molecule is C[C@@H]1CC[C@H](C)N1C=O.Cl. The van der Waals surface area contributed by atoms with Crippen molar-refractivity contribution in [2.75, 3.05) is 0 Å². The molecule has 1 aliphatic rings. The smallest absolute Gasteiger partial charge is 0.210 e. The Kier molecular flexibility index (Phi) is 3.72. The van der Waals surface area contributed by atoms with Crippen LogP contribution in [0.3, 0.4) is 0 Å². The first-order valence-electron chi connectivity index (χ1n) is 3.48. The van der Waals surface area contributed by atoms with Crippen molar-refractivity contribution in [2.45, 2.75) is 38.8 Å². The van der Waals surface area contributed by atoms with E-state index in [4.69, 9.17) is 0 Å². The van der Waals surface area contributed by atoms with Crippen molar-refractivity contribution in [1.82, 2.24) is 4.90 Å². The summed E-state index contributed by atoms with van der Waals surface area (Å²) in [4.78, 5) is 12.2. The standard InChI is InChI=1S/C7H13NO.ClH/c1-6-3-4-7(2)8(6)5-9;/h5-7H,3-4H2,1-2H3;1H/t6-,7+;. The Morgan fingerprint density at radius 2 is 1.70 bits per heavy atom. The fourth-order valence-corrected chi connectivity index (χ4v) is 1.42. The molecule has 1 rings (SSSR count). The van der Waals surface area contributed by atoms with Crippen molar-refractivity contribution in [3.63, 3.8) is 0 Å². The normalized spacial score (nSPS) is 31.6. The summed E-state index contributed by atoms with van der Waals surface area (Å²) in [7, 11) is 0. The van der Waals surface area contributed by atoms with E-state index in [-0.39, 0.29) is 12.4 Å². The molecule has 1 saturated heterocycles. The molecule has 0 bridgehead atoms. The van der Waals surface area contributed by atoms with Crippen LogP contribution in [0.25, 0.3) is 0 Å². The number of carbonyl (C=O) groups excluding carboxylic acids is 1. The van der Waals surface area contributed by atoms with Gasteiger partial charge in [0.05, 0.1) is 0 Å². The second kappa shape index (κ2) is 3.81. The van der Waals surface area contributed by atoms with Gasteiger partial charge in [0.2, 0.25) is 6.41 Å². The fraction of sp³-hybridized carbons (Fsp3) is 0.857. The molecule has 2 nitrogen and oxygen atoms in total. The third-order valence-electron chi connectivity index (χ3n) is 2.14. The largest absolute Gasteiger partial charge is 0.340 e. The minimum atomic E-state index is 0. The highest BCUT2D eigenvalue weighted by molar-refractivity contribution is 5.85. The summed E-state index contributed by atoms with van der Waals surface area (Å²) >= 11 is 0. The molecule has 0 aromatic heterocycles. The molecule has 1 aliphatic heterocycles. The number of likely N-dealkylation sites (tertiary alicyclic amines) is 1. The van der Waals surface area contributed by atoms with Gasteiger partial charge in [-0.3, -0.25) is 4.79 Å². The topological polar surface area (TPSA) is 20.3 Å². The molecule has 1 fully saturated rings. The lowest BCUT2D eigenvalue weighted by molar-refractivity contribution is -0.120. The molecule has 2 atom stereocenters. The zero-order valence-corrected chi connectivity index (χ0v) is 7.23. The highest BCUT2D eigenvalue weighted by Crippen LogP contribution is 2.20. The van der Waals surface area contributed by atoms with E-state index in [9.17, 15) is 4.79 Å². The van der Waals surface area contributed by atoms with Gasteiger partial charge in [0, 0.05) is 12.1 Å². The van der Waals surface area contributed by atoms with Crippen molar-refractivity contribution >= 4 is 18.8 Å². The molecular formula is C7H14ClNO. The number of hydrogen-bond acceptors (Lipinski definition) is 1. The Bertz CT molecular complexity index is 108. The van der Waals surface area contributed by atoms with Crippen molar-refractivity contribution < 1.29 is 4.79 Å². The first kappa shape index (κ1) is 9.76. The Balaban J connectivity index is 0.000000810. The van der Waals surface area contributed by atoms with E-state index in [0.717, 1.165) is 6.41 Å². The van der Waals surface area contributed by atoms with E-state index >= 15 is 0 Å². The zero-order valence-electron chi connectivity index (χ0n) is 6.41. The predicted octanol–water partition coefficient (Wildman–Crippen LogP) is 1.44. The van der Waals surface area contributed by atoms with Crippen molar-refractivity contribution in [3.8, 4) is 0 Å². The molecule has 0 N–H and O–H groups in total. The second-order valence-corrected chi connectivity index (χ2v) is 2.83. The number of nitrogens with zero attached hydrogens (tertiary/aromatic N) is 1. The molecular weight excluding hydrogens is 150 g/mol. The minimum absolute atomic E-state index is 0. The molecule has 60 valence electrons. The van der Waals surface area contributed by atoms with Crippen LogP contribution in [-0.4, -0.2) is 23.4 Å². The summed E-state index contributed by atoms with van der Waals surface area (Å²) in [6, 6.07) is 0.940. The molecule has 3 heteroatoms. The lowest BCUT2D eigenvalue weighted by atomic mass is 10.2. The van der Waals surface area contributed by atoms with Crippen LogP contribution in [0, 0.1) is 0 Å². The molecule has 0 aromatic carbocycles. The van der Waals surface area contributed by atoms with E-state index in [0.29, 0.717) is 12.1 Å². The van der Waals surface area contributed by atoms with Crippen LogP contribution in [0.1, 0.15) is 26.7 Å². The second-order valence-electron chi connectivity index (χ2n) is 2.83. The summed E-state index contributed by atoms with van der Waals surface area (Å²) in [5.74, 6) is 0. The van der Waals surface area contributed by atoms with Crippen LogP contribution in [0.15, 0.2) is 0 Å². The zero-order chi connectivity index (χ0) is 6.85. The number of carbonyl (C=O) groups is 1. The van der Waals surface area contributed by atoms with Crippen molar-refractivity contribution in [2.24, 2.45) is 0 Å². The summed E-state index contributed by atoms with van der Waals surface area (Å²) in [6.07, 6.45) is 3.29. The van der Waals surface area contributed by atoms with Gasteiger partial charge in [0.1, 0.15) is 0 Å². The highest BCUT2D eigenvalue weighted by atomic mass is 35.5. The molecule has 0 saturated carbocycles. The van der Waals surface area contributed by atoms with Crippen molar-refractivity contribution in [1.29, 1.82) is 0 Å². The molecule has 0 radical (unpaired) electrons. The average Bonchev–Trinajstić information content (AvgIpc) is 2.12. The number of hydrogen-bond donors (Lipinski definition) is 0. The fourth-order valence-electron chi connectivity index (χ4n) is 1.42. The predicted molar refractivity (Wildman–Crippen MR) is 43.3 cm³/mol. The third kappa shape index (κ3) is 1.63. The van der Waals surface area contributed by atoms with Gasteiger partial charge in [0.25, 0.3) is 0 Å². The van der Waals surface area contributed by atoms with Gasteiger partial charge in [0.15, 0.2) is 0 Å². The van der Waals surface area contributed by atoms with Crippen LogP contribution in [0.4, 0.5) is 0 Å². The van der Waals surface area contributed by atoms with E-state index < -0.39 is 0 Å². The summed E-state index contributed by atoms with van der Waals surface area (Å²) in [5, 5.41) is 0. The number of amides is 1. The lowest BCUT2D eigenvalue weighted by Crippen LogP contribution is -2.30. The Morgan fingerprint density at radius 3 is 1.90 bits per heavy atom. The Morgan fingerprint density at radius 1 is 1.30 bits per heavy atom. The number of halogens is 1. The minimum Gasteiger partial charge on any atom is -0.340 e. The molecule has 0 unspecified atom stereocenters. The summed E-state index contributed by atoms with van der Waals surface area (Å²) in [6.45, 7) is 4.19. The van der Waals surface area contributed by atoms with Gasteiger partial charge >= 0.3 is 0 Å². The first-order valence-corrected chi connectivity index (χ1v) is 3.48. The van der Waals surface area contributed by atoms with Crippen LogP contribution >= 0.6 is 12.4 Å². The van der Waals surface area contributed by atoms with E-state index in [1.165, 1.54) is 12.8 Å². The molecule has 0 spiro atoms. The van der Waals surface area contributed by atoms with Crippen LogP contribution < -0.4 is 0 Å². The van der Waals surface area contributed by atoms with Crippen LogP contribution in [-0.2, 0) is 4.79 Å². The molecule has 0 aliphatic carbocycles. The first-order chi connectivity index (χ1) is 4.25. The summed E-state index contributed by atoms with van der Waals surface area (Å²) < 4.78 is 0. The molecule has 10 heavy (non-hydrogen) atoms. The van der Waals surface area contributed by atoms with E-state index in [1.54, 1.807) is 0 Å². The highest BCUT2D eigenvalue weighted by Gasteiger charge is 2.24. The van der Waals surface area contributed by atoms with Crippen LogP contribution in [0.5, 0.6) is 0 Å². The maximum atomic E-state index is 10.4. The van der Waals surface area contributed by atoms with E-state index in [2.05, 4.69) is 13.8 Å². The van der Waals surface area contributed by atoms with E-state index in [1.807, 2.05) is 4.90 Å². The van der Waals surface area contributed by atoms with Gasteiger partial charge in [-0.15, -0.1) is 12.4 Å². The molecule has 1 amide bonds.